The van der Waals surface area contributed by atoms with Crippen molar-refractivity contribution in [2.24, 2.45) is 0 Å². The molecule has 0 saturated carbocycles. The van der Waals surface area contributed by atoms with Crippen LogP contribution in [0, 0.1) is 0 Å². The standard InChI is InChI=1S/C17H21ClN4O2/c1-20-7-9-21(10-8-20)12-22-17(23)6-4-15(19-22)13-3-5-16(24-2)14(18)11-13/h3-6,11H,7-10,12H2,1-2H3. The van der Waals surface area contributed by atoms with E-state index < -0.39 is 0 Å². The van der Waals surface area contributed by atoms with E-state index in [0.717, 1.165) is 31.7 Å². The first-order valence-corrected chi connectivity index (χ1v) is 8.27. The van der Waals surface area contributed by atoms with Crippen LogP contribution in [0.15, 0.2) is 35.1 Å². The zero-order valence-corrected chi connectivity index (χ0v) is 14.7. The molecule has 0 aliphatic carbocycles. The quantitative estimate of drug-likeness (QED) is 0.843. The lowest BCUT2D eigenvalue weighted by molar-refractivity contribution is 0.117. The van der Waals surface area contributed by atoms with Crippen LogP contribution in [0.3, 0.4) is 0 Å². The van der Waals surface area contributed by atoms with Gasteiger partial charge in [-0.2, -0.15) is 5.10 Å². The number of nitrogens with zero attached hydrogens (tertiary/aromatic N) is 4. The van der Waals surface area contributed by atoms with E-state index in [0.29, 0.717) is 23.1 Å². The molecule has 3 rings (SSSR count). The molecule has 6 nitrogen and oxygen atoms in total. The number of rotatable bonds is 4. The van der Waals surface area contributed by atoms with Crippen molar-refractivity contribution in [2.45, 2.75) is 6.67 Å². The zero-order valence-electron chi connectivity index (χ0n) is 13.9. The molecule has 128 valence electrons. The molecule has 24 heavy (non-hydrogen) atoms. The number of hydrogen-bond donors (Lipinski definition) is 0. The summed E-state index contributed by atoms with van der Waals surface area (Å²) in [5, 5.41) is 5.02. The maximum absolute atomic E-state index is 12.1. The molecule has 1 fully saturated rings. The number of piperazine rings is 1. The van der Waals surface area contributed by atoms with E-state index in [1.54, 1.807) is 31.4 Å². The highest BCUT2D eigenvalue weighted by molar-refractivity contribution is 6.32. The summed E-state index contributed by atoms with van der Waals surface area (Å²) in [6.07, 6.45) is 0. The smallest absolute Gasteiger partial charge is 0.268 e. The summed E-state index contributed by atoms with van der Waals surface area (Å²) in [7, 11) is 3.69. The largest absolute Gasteiger partial charge is 0.495 e. The van der Waals surface area contributed by atoms with E-state index in [-0.39, 0.29) is 5.56 Å². The summed E-state index contributed by atoms with van der Waals surface area (Å²) < 4.78 is 6.68. The van der Waals surface area contributed by atoms with Gasteiger partial charge in [0.2, 0.25) is 0 Å². The predicted octanol–water partition coefficient (Wildman–Crippen LogP) is 1.78. The van der Waals surface area contributed by atoms with E-state index in [1.165, 1.54) is 4.68 Å². The number of likely N-dealkylation sites (N-methyl/N-ethyl adjacent to an activating group) is 1. The van der Waals surface area contributed by atoms with Crippen molar-refractivity contribution in [3.05, 3.63) is 45.7 Å². The summed E-state index contributed by atoms with van der Waals surface area (Å²) in [4.78, 5) is 16.6. The van der Waals surface area contributed by atoms with Gasteiger partial charge in [-0.3, -0.25) is 9.69 Å². The van der Waals surface area contributed by atoms with Crippen molar-refractivity contribution in [3.8, 4) is 17.0 Å². The molecule has 1 aliphatic heterocycles. The van der Waals surface area contributed by atoms with Crippen LogP contribution in [0.5, 0.6) is 5.75 Å². The van der Waals surface area contributed by atoms with Crippen LogP contribution >= 0.6 is 11.6 Å². The number of halogens is 1. The molecule has 1 aromatic heterocycles. The van der Waals surface area contributed by atoms with Crippen molar-refractivity contribution in [1.29, 1.82) is 0 Å². The molecule has 0 unspecified atom stereocenters. The molecule has 0 amide bonds. The normalized spacial score (nSPS) is 16.3. The third-order valence-electron chi connectivity index (χ3n) is 4.24. The van der Waals surface area contributed by atoms with Gasteiger partial charge in [0.1, 0.15) is 5.75 Å². The SMILES string of the molecule is COc1ccc(-c2ccc(=O)n(CN3CCN(C)CC3)n2)cc1Cl. The van der Waals surface area contributed by atoms with Gasteiger partial charge in [-0.15, -0.1) is 0 Å². The average molecular weight is 349 g/mol. The molecular formula is C17H21ClN4O2. The van der Waals surface area contributed by atoms with Gasteiger partial charge in [0.15, 0.2) is 0 Å². The first kappa shape index (κ1) is 17.0. The van der Waals surface area contributed by atoms with Crippen LogP contribution in [-0.2, 0) is 6.67 Å². The third-order valence-corrected chi connectivity index (χ3v) is 4.54. The van der Waals surface area contributed by atoms with Crippen molar-refractivity contribution in [3.63, 3.8) is 0 Å². The maximum atomic E-state index is 12.1. The lowest BCUT2D eigenvalue weighted by atomic mass is 10.1. The van der Waals surface area contributed by atoms with Gasteiger partial charge in [-0.1, -0.05) is 11.6 Å². The highest BCUT2D eigenvalue weighted by Gasteiger charge is 2.15. The number of benzene rings is 1. The highest BCUT2D eigenvalue weighted by Crippen LogP contribution is 2.28. The van der Waals surface area contributed by atoms with E-state index in [1.807, 2.05) is 6.07 Å². The van der Waals surface area contributed by atoms with Gasteiger partial charge in [0.05, 0.1) is 24.5 Å². The maximum Gasteiger partial charge on any atom is 0.268 e. The second-order valence-corrected chi connectivity index (χ2v) is 6.38. The Morgan fingerprint density at radius 3 is 2.58 bits per heavy atom. The third kappa shape index (κ3) is 3.77. The summed E-state index contributed by atoms with van der Waals surface area (Å²) in [5.74, 6) is 0.617. The van der Waals surface area contributed by atoms with Crippen LogP contribution in [-0.4, -0.2) is 59.9 Å². The molecule has 0 radical (unpaired) electrons. The fourth-order valence-electron chi connectivity index (χ4n) is 2.71. The molecule has 1 aromatic carbocycles. The fraction of sp³-hybridized carbons (Fsp3) is 0.412. The number of ether oxygens (including phenoxy) is 1. The van der Waals surface area contributed by atoms with Gasteiger partial charge < -0.3 is 9.64 Å². The second-order valence-electron chi connectivity index (χ2n) is 5.97. The molecule has 0 N–H and O–H groups in total. The monoisotopic (exact) mass is 348 g/mol. The Labute approximate surface area is 146 Å². The lowest BCUT2D eigenvalue weighted by Crippen LogP contribution is -2.46. The summed E-state index contributed by atoms with van der Waals surface area (Å²) in [5.41, 5.74) is 1.47. The van der Waals surface area contributed by atoms with E-state index >= 15 is 0 Å². The predicted molar refractivity (Wildman–Crippen MR) is 94.6 cm³/mol. The molecule has 0 spiro atoms. The zero-order chi connectivity index (χ0) is 17.1. The van der Waals surface area contributed by atoms with Gasteiger partial charge in [0.25, 0.3) is 5.56 Å². The van der Waals surface area contributed by atoms with Gasteiger partial charge in [-0.25, -0.2) is 4.68 Å². The molecular weight excluding hydrogens is 328 g/mol. The Morgan fingerprint density at radius 1 is 1.17 bits per heavy atom. The average Bonchev–Trinajstić information content (AvgIpc) is 2.59. The highest BCUT2D eigenvalue weighted by atomic mass is 35.5. The topological polar surface area (TPSA) is 50.6 Å². The van der Waals surface area contributed by atoms with E-state index in [4.69, 9.17) is 16.3 Å². The van der Waals surface area contributed by atoms with Gasteiger partial charge in [-0.05, 0) is 31.3 Å². The van der Waals surface area contributed by atoms with Crippen LogP contribution < -0.4 is 10.3 Å². The van der Waals surface area contributed by atoms with Crippen LogP contribution in [0.1, 0.15) is 0 Å². The molecule has 1 aliphatic rings. The van der Waals surface area contributed by atoms with Crippen LogP contribution in [0.25, 0.3) is 11.3 Å². The first-order valence-electron chi connectivity index (χ1n) is 7.90. The summed E-state index contributed by atoms with van der Waals surface area (Å²) in [6.45, 7) is 4.38. The van der Waals surface area contributed by atoms with Crippen molar-refractivity contribution in [1.82, 2.24) is 19.6 Å². The summed E-state index contributed by atoms with van der Waals surface area (Å²) >= 11 is 6.19. The molecule has 0 atom stereocenters. The van der Waals surface area contributed by atoms with E-state index in [2.05, 4.69) is 21.9 Å². The molecule has 2 heterocycles. The van der Waals surface area contributed by atoms with Crippen molar-refractivity contribution < 1.29 is 4.74 Å². The number of methoxy groups -OCH3 is 1. The second kappa shape index (κ2) is 7.34. The van der Waals surface area contributed by atoms with Crippen molar-refractivity contribution in [2.75, 3.05) is 40.3 Å². The minimum Gasteiger partial charge on any atom is -0.495 e. The van der Waals surface area contributed by atoms with E-state index in [9.17, 15) is 4.79 Å². The van der Waals surface area contributed by atoms with Crippen molar-refractivity contribution >= 4 is 11.6 Å². The number of aromatic nitrogens is 2. The van der Waals surface area contributed by atoms with Gasteiger partial charge >= 0.3 is 0 Å². The Morgan fingerprint density at radius 2 is 1.92 bits per heavy atom. The van der Waals surface area contributed by atoms with Gasteiger partial charge in [0, 0.05) is 37.8 Å². The Hall–Kier alpha value is -1.89. The molecule has 2 aromatic rings. The Bertz CT molecular complexity index is 769. The first-order chi connectivity index (χ1) is 11.6. The fourth-order valence-corrected chi connectivity index (χ4v) is 2.97. The molecule has 1 saturated heterocycles. The molecule has 0 bridgehead atoms. The van der Waals surface area contributed by atoms with Crippen LogP contribution in [0.2, 0.25) is 5.02 Å². The number of hydrogen-bond acceptors (Lipinski definition) is 5. The molecule has 7 heteroatoms. The minimum atomic E-state index is -0.0997. The Balaban J connectivity index is 1.83. The Kier molecular flexibility index (Phi) is 5.18. The summed E-state index contributed by atoms with van der Waals surface area (Å²) in [6, 6.07) is 8.76. The lowest BCUT2D eigenvalue weighted by Gasteiger charge is -2.32. The van der Waals surface area contributed by atoms with Crippen LogP contribution in [0.4, 0.5) is 0 Å². The minimum absolute atomic E-state index is 0.0997.